The lowest BCUT2D eigenvalue weighted by atomic mass is 10.2. The van der Waals surface area contributed by atoms with Gasteiger partial charge in [-0.05, 0) is 5.56 Å². The molecule has 0 aliphatic rings. The predicted molar refractivity (Wildman–Crippen MR) is 70.8 cm³/mol. The molecule has 6 heteroatoms. The lowest BCUT2D eigenvalue weighted by molar-refractivity contribution is 0.0471. The van der Waals surface area contributed by atoms with Gasteiger partial charge in [0, 0.05) is 6.42 Å². The predicted octanol–water partition coefficient (Wildman–Crippen LogP) is 1.65. The third-order valence-electron chi connectivity index (χ3n) is 2.69. The summed E-state index contributed by atoms with van der Waals surface area (Å²) < 4.78 is 5.21. The summed E-state index contributed by atoms with van der Waals surface area (Å²) >= 11 is 0. The highest BCUT2D eigenvalue weighted by Gasteiger charge is 2.14. The Labute approximate surface area is 115 Å². The number of hydrogen-bond donors (Lipinski definition) is 1. The normalized spacial score (nSPS) is 9.80. The maximum absolute atomic E-state index is 11.9. The van der Waals surface area contributed by atoms with Gasteiger partial charge in [-0.15, -0.1) is 0 Å². The number of H-pyrrole nitrogens is 1. The van der Waals surface area contributed by atoms with Crippen molar-refractivity contribution < 1.29 is 14.3 Å². The number of nitrogens with one attached hydrogen (secondary N) is 1. The van der Waals surface area contributed by atoms with Crippen molar-refractivity contribution in [2.24, 2.45) is 4.99 Å². The monoisotopic (exact) mass is 271 g/mol. The average molecular weight is 271 g/mol. The van der Waals surface area contributed by atoms with Crippen LogP contribution in [0.15, 0.2) is 41.5 Å². The van der Waals surface area contributed by atoms with Crippen molar-refractivity contribution in [2.45, 2.75) is 13.0 Å². The molecule has 0 spiro atoms. The first-order valence-electron chi connectivity index (χ1n) is 6.08. The van der Waals surface area contributed by atoms with Crippen LogP contribution in [0.25, 0.3) is 0 Å². The van der Waals surface area contributed by atoms with Crippen LogP contribution in [0.1, 0.15) is 21.6 Å². The minimum absolute atomic E-state index is 0.205. The van der Waals surface area contributed by atoms with Gasteiger partial charge in [0.25, 0.3) is 0 Å². The number of isocyanates is 1. The second-order valence-electron chi connectivity index (χ2n) is 4.05. The van der Waals surface area contributed by atoms with Crippen molar-refractivity contribution >= 4 is 12.0 Å². The van der Waals surface area contributed by atoms with Gasteiger partial charge in [0.15, 0.2) is 0 Å². The third kappa shape index (κ3) is 3.63. The molecule has 0 amide bonds. The highest BCUT2D eigenvalue weighted by Crippen LogP contribution is 2.10. The van der Waals surface area contributed by atoms with Crippen LogP contribution in [0.3, 0.4) is 0 Å². The first kappa shape index (κ1) is 13.7. The number of aliphatic imine (C=N–C) groups is 1. The Kier molecular flexibility index (Phi) is 4.81. The number of aromatic amines is 1. The summed E-state index contributed by atoms with van der Waals surface area (Å²) in [5, 5.41) is 6.51. The second-order valence-corrected chi connectivity index (χ2v) is 4.05. The summed E-state index contributed by atoms with van der Waals surface area (Å²) in [5.41, 5.74) is 1.88. The first-order chi connectivity index (χ1) is 9.81. The van der Waals surface area contributed by atoms with Gasteiger partial charge in [-0.2, -0.15) is 5.10 Å². The Bertz CT molecular complexity index is 616. The summed E-state index contributed by atoms with van der Waals surface area (Å²) in [6.07, 6.45) is 3.27. The van der Waals surface area contributed by atoms with Crippen LogP contribution in [0.2, 0.25) is 0 Å². The molecule has 0 saturated heterocycles. The number of carbonyl (C=O) groups excluding carboxylic acids is 2. The van der Waals surface area contributed by atoms with Crippen LogP contribution in [0.4, 0.5) is 0 Å². The van der Waals surface area contributed by atoms with Crippen LogP contribution in [0, 0.1) is 0 Å². The molecule has 20 heavy (non-hydrogen) atoms. The van der Waals surface area contributed by atoms with Gasteiger partial charge in [0.1, 0.15) is 12.2 Å². The molecule has 1 heterocycles. The summed E-state index contributed by atoms with van der Waals surface area (Å²) in [7, 11) is 0. The van der Waals surface area contributed by atoms with E-state index in [0.29, 0.717) is 17.7 Å². The molecule has 0 radical (unpaired) electrons. The van der Waals surface area contributed by atoms with E-state index >= 15 is 0 Å². The molecule has 0 aliphatic heterocycles. The largest absolute Gasteiger partial charge is 0.457 e. The number of hydrogen-bond acceptors (Lipinski definition) is 5. The van der Waals surface area contributed by atoms with Crippen molar-refractivity contribution in [3.8, 4) is 0 Å². The SMILES string of the molecule is O=C=NCCc1[nH]ncc1C(=O)OCc1ccccc1. The Morgan fingerprint density at radius 3 is 2.90 bits per heavy atom. The molecule has 2 rings (SSSR count). The molecule has 2 aromatic rings. The Morgan fingerprint density at radius 1 is 1.35 bits per heavy atom. The van der Waals surface area contributed by atoms with E-state index in [1.54, 1.807) is 0 Å². The van der Waals surface area contributed by atoms with E-state index in [2.05, 4.69) is 15.2 Å². The van der Waals surface area contributed by atoms with Crippen molar-refractivity contribution in [1.29, 1.82) is 0 Å². The maximum Gasteiger partial charge on any atom is 0.341 e. The lowest BCUT2D eigenvalue weighted by Gasteiger charge is -2.04. The smallest absolute Gasteiger partial charge is 0.341 e. The van der Waals surface area contributed by atoms with Gasteiger partial charge in [-0.1, -0.05) is 30.3 Å². The second kappa shape index (κ2) is 7.01. The molecular formula is C14H13N3O3. The molecule has 1 N–H and O–H groups in total. The van der Waals surface area contributed by atoms with Gasteiger partial charge in [-0.3, -0.25) is 5.10 Å². The maximum atomic E-state index is 11.9. The minimum atomic E-state index is -0.451. The lowest BCUT2D eigenvalue weighted by Crippen LogP contribution is -2.07. The minimum Gasteiger partial charge on any atom is -0.457 e. The summed E-state index contributed by atoms with van der Waals surface area (Å²) in [6.45, 7) is 0.460. The molecule has 1 aromatic heterocycles. The molecule has 0 saturated carbocycles. The zero-order valence-corrected chi connectivity index (χ0v) is 10.7. The van der Waals surface area contributed by atoms with Crippen LogP contribution < -0.4 is 0 Å². The molecular weight excluding hydrogens is 258 g/mol. The van der Waals surface area contributed by atoms with Gasteiger partial charge in [-0.25, -0.2) is 14.6 Å². The Balaban J connectivity index is 1.95. The van der Waals surface area contributed by atoms with Gasteiger partial charge >= 0.3 is 5.97 Å². The van der Waals surface area contributed by atoms with E-state index in [1.807, 2.05) is 30.3 Å². The van der Waals surface area contributed by atoms with Crippen LogP contribution in [0.5, 0.6) is 0 Å². The first-order valence-corrected chi connectivity index (χ1v) is 6.08. The molecule has 6 nitrogen and oxygen atoms in total. The van der Waals surface area contributed by atoms with Gasteiger partial charge in [0.05, 0.1) is 18.4 Å². The molecule has 102 valence electrons. The molecule has 0 unspecified atom stereocenters. The Hall–Kier alpha value is -2.72. The zero-order chi connectivity index (χ0) is 14.2. The third-order valence-corrected chi connectivity index (χ3v) is 2.69. The van der Waals surface area contributed by atoms with E-state index in [0.717, 1.165) is 5.56 Å². The number of aromatic nitrogens is 2. The van der Waals surface area contributed by atoms with E-state index in [9.17, 15) is 9.59 Å². The number of rotatable bonds is 6. The van der Waals surface area contributed by atoms with Crippen molar-refractivity contribution in [1.82, 2.24) is 10.2 Å². The molecule has 0 bridgehead atoms. The van der Waals surface area contributed by atoms with Crippen LogP contribution >= 0.6 is 0 Å². The van der Waals surface area contributed by atoms with Crippen molar-refractivity contribution in [3.05, 3.63) is 53.3 Å². The van der Waals surface area contributed by atoms with E-state index in [4.69, 9.17) is 4.74 Å². The fraction of sp³-hybridized carbons (Fsp3) is 0.214. The highest BCUT2D eigenvalue weighted by atomic mass is 16.5. The van der Waals surface area contributed by atoms with E-state index in [-0.39, 0.29) is 13.2 Å². The molecule has 0 fully saturated rings. The fourth-order valence-corrected chi connectivity index (χ4v) is 1.69. The van der Waals surface area contributed by atoms with Gasteiger partial charge in [0.2, 0.25) is 6.08 Å². The number of ether oxygens (including phenoxy) is 1. The standard InChI is InChI=1S/C14H13N3O3/c18-10-15-7-6-13-12(8-16-17-13)14(19)20-9-11-4-2-1-3-5-11/h1-5,8H,6-7,9H2,(H,16,17). The molecule has 1 aromatic carbocycles. The summed E-state index contributed by atoms with van der Waals surface area (Å²) in [6, 6.07) is 9.41. The number of carbonyl (C=O) groups is 1. The summed E-state index contributed by atoms with van der Waals surface area (Å²) in [5.74, 6) is -0.451. The van der Waals surface area contributed by atoms with E-state index < -0.39 is 5.97 Å². The number of esters is 1. The van der Waals surface area contributed by atoms with Crippen molar-refractivity contribution in [2.75, 3.05) is 6.54 Å². The number of benzene rings is 1. The fourth-order valence-electron chi connectivity index (χ4n) is 1.69. The quantitative estimate of drug-likeness (QED) is 0.492. The Morgan fingerprint density at radius 2 is 2.15 bits per heavy atom. The highest BCUT2D eigenvalue weighted by molar-refractivity contribution is 5.90. The van der Waals surface area contributed by atoms with Crippen LogP contribution in [-0.2, 0) is 22.6 Å². The molecule has 0 atom stereocenters. The number of nitrogens with zero attached hydrogens (tertiary/aromatic N) is 2. The van der Waals surface area contributed by atoms with Crippen LogP contribution in [-0.4, -0.2) is 28.8 Å². The summed E-state index contributed by atoms with van der Waals surface area (Å²) in [4.78, 5) is 25.4. The van der Waals surface area contributed by atoms with E-state index in [1.165, 1.54) is 12.3 Å². The van der Waals surface area contributed by atoms with Gasteiger partial charge < -0.3 is 4.74 Å². The topological polar surface area (TPSA) is 84.4 Å². The van der Waals surface area contributed by atoms with Crippen molar-refractivity contribution in [3.63, 3.8) is 0 Å². The average Bonchev–Trinajstić information content (AvgIpc) is 2.95. The zero-order valence-electron chi connectivity index (χ0n) is 10.7. The molecule has 0 aliphatic carbocycles.